The SMILES string of the molecule is CSC(N)=Nc1cc(F)c(-n2cc(C)nc2C)c(F)c1.I. The van der Waals surface area contributed by atoms with E-state index in [0.29, 0.717) is 11.5 Å². The number of aryl methyl sites for hydroxylation is 2. The van der Waals surface area contributed by atoms with E-state index in [9.17, 15) is 8.78 Å². The van der Waals surface area contributed by atoms with Gasteiger partial charge in [0.2, 0.25) is 0 Å². The van der Waals surface area contributed by atoms with E-state index in [0.717, 1.165) is 12.1 Å². The molecule has 21 heavy (non-hydrogen) atoms. The van der Waals surface area contributed by atoms with Crippen LogP contribution in [0.4, 0.5) is 14.5 Å². The van der Waals surface area contributed by atoms with Crippen LogP contribution in [0, 0.1) is 25.5 Å². The number of hydrogen-bond donors (Lipinski definition) is 1. The number of aliphatic imine (C=N–C) groups is 1. The van der Waals surface area contributed by atoms with Gasteiger partial charge in [-0.05, 0) is 20.1 Å². The van der Waals surface area contributed by atoms with Gasteiger partial charge in [0.05, 0.1) is 11.4 Å². The van der Waals surface area contributed by atoms with Crippen LogP contribution in [-0.4, -0.2) is 21.0 Å². The molecule has 114 valence electrons. The highest BCUT2D eigenvalue weighted by atomic mass is 127. The Hall–Kier alpha value is -1.16. The van der Waals surface area contributed by atoms with Crippen molar-refractivity contribution in [3.05, 3.63) is 41.5 Å². The lowest BCUT2D eigenvalue weighted by atomic mass is 10.2. The van der Waals surface area contributed by atoms with Gasteiger partial charge in [-0.3, -0.25) is 4.57 Å². The molecular formula is C13H15F2IN4S. The van der Waals surface area contributed by atoms with Crippen LogP contribution in [-0.2, 0) is 0 Å². The molecule has 4 nitrogen and oxygen atoms in total. The highest BCUT2D eigenvalue weighted by Crippen LogP contribution is 2.26. The van der Waals surface area contributed by atoms with Crippen molar-refractivity contribution < 1.29 is 8.78 Å². The lowest BCUT2D eigenvalue weighted by molar-refractivity contribution is 0.568. The predicted octanol–water partition coefficient (Wildman–Crippen LogP) is 3.69. The Labute approximate surface area is 142 Å². The van der Waals surface area contributed by atoms with E-state index in [4.69, 9.17) is 5.73 Å². The normalized spacial score (nSPS) is 11.4. The summed E-state index contributed by atoms with van der Waals surface area (Å²) in [5.41, 5.74) is 6.21. The number of benzene rings is 1. The Morgan fingerprint density at radius 3 is 2.29 bits per heavy atom. The largest absolute Gasteiger partial charge is 0.378 e. The first-order valence-corrected chi connectivity index (χ1v) is 7.05. The van der Waals surface area contributed by atoms with Crippen LogP contribution in [0.3, 0.4) is 0 Å². The van der Waals surface area contributed by atoms with E-state index >= 15 is 0 Å². The summed E-state index contributed by atoms with van der Waals surface area (Å²) in [7, 11) is 0. The maximum atomic E-state index is 14.1. The summed E-state index contributed by atoms with van der Waals surface area (Å²) in [4.78, 5) is 8.05. The number of halogens is 3. The zero-order valence-electron chi connectivity index (χ0n) is 11.7. The Morgan fingerprint density at radius 1 is 1.29 bits per heavy atom. The molecule has 2 rings (SSSR count). The molecule has 0 aliphatic heterocycles. The van der Waals surface area contributed by atoms with Crippen LogP contribution >= 0.6 is 35.7 Å². The number of nitrogens with two attached hydrogens (primary N) is 1. The summed E-state index contributed by atoms with van der Waals surface area (Å²) >= 11 is 1.21. The molecule has 0 amide bonds. The van der Waals surface area contributed by atoms with E-state index in [2.05, 4.69) is 9.98 Å². The minimum Gasteiger partial charge on any atom is -0.378 e. The van der Waals surface area contributed by atoms with Crippen molar-refractivity contribution in [2.45, 2.75) is 13.8 Å². The van der Waals surface area contributed by atoms with Crippen molar-refractivity contribution in [1.29, 1.82) is 0 Å². The molecule has 1 aromatic heterocycles. The molecule has 2 N–H and O–H groups in total. The lowest BCUT2D eigenvalue weighted by Crippen LogP contribution is -2.05. The molecule has 0 unspecified atom stereocenters. The van der Waals surface area contributed by atoms with Gasteiger partial charge in [0, 0.05) is 18.3 Å². The lowest BCUT2D eigenvalue weighted by Gasteiger charge is -2.09. The molecule has 1 heterocycles. The average Bonchev–Trinajstić information content (AvgIpc) is 2.67. The second-order valence-corrected chi connectivity index (χ2v) is 5.04. The van der Waals surface area contributed by atoms with Gasteiger partial charge < -0.3 is 5.73 Å². The minimum absolute atomic E-state index is 0. The Bertz CT molecular complexity index is 662. The quantitative estimate of drug-likeness (QED) is 0.455. The fourth-order valence-corrected chi connectivity index (χ4v) is 2.06. The van der Waals surface area contributed by atoms with Gasteiger partial charge in [-0.1, -0.05) is 11.8 Å². The molecule has 0 fully saturated rings. The number of thioether (sulfide) groups is 1. The third kappa shape index (κ3) is 3.94. The first kappa shape index (κ1) is 17.9. The van der Waals surface area contributed by atoms with Crippen LogP contribution < -0.4 is 5.73 Å². The van der Waals surface area contributed by atoms with Gasteiger partial charge in [0.1, 0.15) is 11.5 Å². The highest BCUT2D eigenvalue weighted by Gasteiger charge is 2.15. The average molecular weight is 424 g/mol. The van der Waals surface area contributed by atoms with Crippen molar-refractivity contribution in [1.82, 2.24) is 9.55 Å². The van der Waals surface area contributed by atoms with Crippen molar-refractivity contribution in [2.24, 2.45) is 10.7 Å². The summed E-state index contributed by atoms with van der Waals surface area (Å²) in [5.74, 6) is -0.906. The standard InChI is InChI=1S/C13H14F2N4S.HI/c1-7-6-19(8(2)17-7)12-10(14)4-9(5-11(12)15)18-13(16)20-3;/h4-6H,1-3H3,(H2,16,18);1H. The number of amidine groups is 1. The third-order valence-electron chi connectivity index (χ3n) is 2.69. The van der Waals surface area contributed by atoms with Crippen molar-refractivity contribution in [3.8, 4) is 5.69 Å². The molecule has 8 heteroatoms. The molecule has 0 aliphatic carbocycles. The molecular weight excluding hydrogens is 409 g/mol. The van der Waals surface area contributed by atoms with Crippen LogP contribution in [0.2, 0.25) is 0 Å². The summed E-state index contributed by atoms with van der Waals surface area (Å²) < 4.78 is 29.6. The van der Waals surface area contributed by atoms with E-state index < -0.39 is 11.6 Å². The van der Waals surface area contributed by atoms with Gasteiger partial charge in [0.25, 0.3) is 0 Å². The molecule has 0 atom stereocenters. The van der Waals surface area contributed by atoms with Crippen molar-refractivity contribution in [2.75, 3.05) is 6.26 Å². The van der Waals surface area contributed by atoms with E-state index in [1.54, 1.807) is 26.3 Å². The Balaban J connectivity index is 0.00000220. The highest BCUT2D eigenvalue weighted by molar-refractivity contribution is 14.0. The van der Waals surface area contributed by atoms with Crippen LogP contribution in [0.15, 0.2) is 23.3 Å². The van der Waals surface area contributed by atoms with Crippen LogP contribution in [0.1, 0.15) is 11.5 Å². The molecule has 0 saturated carbocycles. The molecule has 0 spiro atoms. The molecule has 2 aromatic rings. The van der Waals surface area contributed by atoms with Crippen molar-refractivity contribution >= 4 is 46.6 Å². The molecule has 0 aliphatic rings. The number of rotatable bonds is 2. The second kappa shape index (κ2) is 7.21. The monoisotopic (exact) mass is 424 g/mol. The van der Waals surface area contributed by atoms with Crippen LogP contribution in [0.25, 0.3) is 5.69 Å². The first-order chi connectivity index (χ1) is 9.42. The third-order valence-corrected chi connectivity index (χ3v) is 3.20. The molecule has 1 aromatic carbocycles. The number of hydrogen-bond acceptors (Lipinski definition) is 3. The zero-order valence-corrected chi connectivity index (χ0v) is 14.9. The van der Waals surface area contributed by atoms with Crippen LogP contribution in [0.5, 0.6) is 0 Å². The number of imidazole rings is 1. The zero-order chi connectivity index (χ0) is 14.9. The Morgan fingerprint density at radius 2 is 1.86 bits per heavy atom. The topological polar surface area (TPSA) is 56.2 Å². The Kier molecular flexibility index (Phi) is 6.14. The van der Waals surface area contributed by atoms with E-state index in [-0.39, 0.29) is 40.5 Å². The van der Waals surface area contributed by atoms with Gasteiger partial charge in [-0.25, -0.2) is 18.8 Å². The second-order valence-electron chi connectivity index (χ2n) is 4.21. The number of nitrogens with zero attached hydrogens (tertiary/aromatic N) is 3. The molecule has 0 saturated heterocycles. The van der Waals surface area contributed by atoms with E-state index in [1.165, 1.54) is 16.3 Å². The fraction of sp³-hybridized carbons (Fsp3) is 0.231. The predicted molar refractivity (Wildman–Crippen MR) is 93.2 cm³/mol. The van der Waals surface area contributed by atoms with Gasteiger partial charge >= 0.3 is 0 Å². The summed E-state index contributed by atoms with van der Waals surface area (Å²) in [5, 5.41) is 0.242. The smallest absolute Gasteiger partial charge is 0.158 e. The maximum Gasteiger partial charge on any atom is 0.158 e. The fourth-order valence-electron chi connectivity index (χ4n) is 1.86. The van der Waals surface area contributed by atoms with E-state index in [1.807, 2.05) is 0 Å². The summed E-state index contributed by atoms with van der Waals surface area (Å²) in [6, 6.07) is 2.30. The summed E-state index contributed by atoms with van der Waals surface area (Å²) in [6.07, 6.45) is 3.31. The molecule has 0 bridgehead atoms. The first-order valence-electron chi connectivity index (χ1n) is 5.82. The minimum atomic E-state index is -0.710. The van der Waals surface area contributed by atoms with Gasteiger partial charge in [-0.15, -0.1) is 24.0 Å². The molecule has 0 radical (unpaired) electrons. The summed E-state index contributed by atoms with van der Waals surface area (Å²) in [6.45, 7) is 3.45. The van der Waals surface area contributed by atoms with Gasteiger partial charge in [0.15, 0.2) is 16.8 Å². The van der Waals surface area contributed by atoms with Crippen molar-refractivity contribution in [3.63, 3.8) is 0 Å². The maximum absolute atomic E-state index is 14.1. The number of aromatic nitrogens is 2. The van der Waals surface area contributed by atoms with Gasteiger partial charge in [-0.2, -0.15) is 0 Å².